The van der Waals surface area contributed by atoms with E-state index in [-0.39, 0.29) is 11.8 Å². The minimum absolute atomic E-state index is 0.00581. The van der Waals surface area contributed by atoms with E-state index in [0.717, 1.165) is 40.4 Å². The normalized spacial score (nSPS) is 15.2. The SMILES string of the molecule is CCCCOc1cccc(C2C(C(C)=O)=C(C)Nc3nc(SCc4ccccc4Cl)nn32)c1. The molecular formula is C25H27ClN4O2S. The summed E-state index contributed by atoms with van der Waals surface area (Å²) in [7, 11) is 0. The first-order chi connectivity index (χ1) is 16.0. The van der Waals surface area contributed by atoms with Crippen LogP contribution in [-0.2, 0) is 10.5 Å². The summed E-state index contributed by atoms with van der Waals surface area (Å²) in [6.45, 7) is 6.29. The molecule has 0 radical (unpaired) electrons. The Balaban J connectivity index is 1.66. The maximum atomic E-state index is 12.6. The fourth-order valence-electron chi connectivity index (χ4n) is 3.82. The molecule has 1 atom stereocenters. The molecule has 0 saturated heterocycles. The number of fused-ring (bicyclic) bond motifs is 1. The van der Waals surface area contributed by atoms with E-state index >= 15 is 0 Å². The van der Waals surface area contributed by atoms with E-state index in [0.29, 0.717) is 29.0 Å². The van der Waals surface area contributed by atoms with Gasteiger partial charge in [-0.05, 0) is 49.6 Å². The molecule has 33 heavy (non-hydrogen) atoms. The fraction of sp³-hybridized carbons (Fsp3) is 0.320. The van der Waals surface area contributed by atoms with Gasteiger partial charge < -0.3 is 10.1 Å². The second-order valence-electron chi connectivity index (χ2n) is 7.94. The molecule has 0 aliphatic carbocycles. The second-order valence-corrected chi connectivity index (χ2v) is 9.29. The number of thioether (sulfide) groups is 1. The topological polar surface area (TPSA) is 69.0 Å². The maximum absolute atomic E-state index is 12.6. The van der Waals surface area contributed by atoms with E-state index < -0.39 is 0 Å². The van der Waals surface area contributed by atoms with E-state index in [1.165, 1.54) is 11.8 Å². The standard InChI is InChI=1S/C25H27ClN4O2S/c1-4-5-13-32-20-11-8-10-18(14-20)23-22(17(3)31)16(2)27-24-28-25(29-30(23)24)33-15-19-9-6-7-12-21(19)26/h6-12,14,23H,4-5,13,15H2,1-3H3,(H,27,28,29). The van der Waals surface area contributed by atoms with Crippen LogP contribution in [0.25, 0.3) is 0 Å². The molecule has 0 spiro atoms. The first-order valence-corrected chi connectivity index (χ1v) is 12.4. The lowest BCUT2D eigenvalue weighted by atomic mass is 9.93. The van der Waals surface area contributed by atoms with E-state index in [1.54, 1.807) is 11.6 Å². The minimum Gasteiger partial charge on any atom is -0.494 e. The number of hydrogen-bond donors (Lipinski definition) is 1. The van der Waals surface area contributed by atoms with E-state index in [2.05, 4.69) is 17.2 Å². The lowest BCUT2D eigenvalue weighted by Gasteiger charge is -2.28. The Morgan fingerprint density at radius 2 is 2.06 bits per heavy atom. The van der Waals surface area contributed by atoms with Gasteiger partial charge in [0.1, 0.15) is 11.8 Å². The van der Waals surface area contributed by atoms with Crippen LogP contribution in [0.4, 0.5) is 5.95 Å². The van der Waals surface area contributed by atoms with Gasteiger partial charge in [-0.1, -0.05) is 67.0 Å². The summed E-state index contributed by atoms with van der Waals surface area (Å²) in [5.41, 5.74) is 3.41. The number of hydrogen-bond acceptors (Lipinski definition) is 6. The Hall–Kier alpha value is -2.77. The molecule has 0 bridgehead atoms. The lowest BCUT2D eigenvalue weighted by molar-refractivity contribution is -0.114. The minimum atomic E-state index is -0.379. The number of benzene rings is 2. The van der Waals surface area contributed by atoms with Crippen molar-refractivity contribution >= 4 is 35.1 Å². The monoisotopic (exact) mass is 482 g/mol. The van der Waals surface area contributed by atoms with Crippen LogP contribution < -0.4 is 10.1 Å². The van der Waals surface area contributed by atoms with Crippen molar-refractivity contribution in [3.63, 3.8) is 0 Å². The molecule has 6 nitrogen and oxygen atoms in total. The van der Waals surface area contributed by atoms with Crippen LogP contribution in [0.5, 0.6) is 5.75 Å². The molecule has 1 aromatic heterocycles. The molecule has 1 aliphatic heterocycles. The largest absolute Gasteiger partial charge is 0.494 e. The molecule has 0 fully saturated rings. The van der Waals surface area contributed by atoms with Crippen LogP contribution in [0.15, 0.2) is 65.0 Å². The highest BCUT2D eigenvalue weighted by Gasteiger charge is 2.33. The maximum Gasteiger partial charge on any atom is 0.227 e. The summed E-state index contributed by atoms with van der Waals surface area (Å²) in [5.74, 6) is 2.05. The number of halogens is 1. The Labute approximate surface area is 203 Å². The van der Waals surface area contributed by atoms with E-state index in [9.17, 15) is 4.79 Å². The molecule has 3 aromatic rings. The van der Waals surface area contributed by atoms with Crippen molar-refractivity contribution < 1.29 is 9.53 Å². The third-order valence-electron chi connectivity index (χ3n) is 5.47. The van der Waals surface area contributed by atoms with Gasteiger partial charge in [0.2, 0.25) is 11.1 Å². The first kappa shape index (κ1) is 23.4. The molecule has 1 N–H and O–H groups in total. The number of ketones is 1. The average molecular weight is 483 g/mol. The zero-order valence-corrected chi connectivity index (χ0v) is 20.5. The van der Waals surface area contributed by atoms with Gasteiger partial charge in [0.05, 0.1) is 6.61 Å². The Morgan fingerprint density at radius 1 is 1.24 bits per heavy atom. The van der Waals surface area contributed by atoms with Crippen molar-refractivity contribution in [1.82, 2.24) is 14.8 Å². The third kappa shape index (κ3) is 5.25. The number of unbranched alkanes of at least 4 members (excludes halogenated alkanes) is 1. The molecule has 1 unspecified atom stereocenters. The Kier molecular flexibility index (Phi) is 7.40. The Morgan fingerprint density at radius 3 is 2.82 bits per heavy atom. The van der Waals surface area contributed by atoms with Crippen molar-refractivity contribution in [2.24, 2.45) is 0 Å². The predicted molar refractivity (Wildman–Crippen MR) is 133 cm³/mol. The molecular weight excluding hydrogens is 456 g/mol. The van der Waals surface area contributed by atoms with Gasteiger partial charge in [-0.2, -0.15) is 4.98 Å². The van der Waals surface area contributed by atoms with Crippen LogP contribution in [0, 0.1) is 0 Å². The number of nitrogens with zero attached hydrogens (tertiary/aromatic N) is 3. The van der Waals surface area contributed by atoms with Crippen molar-refractivity contribution in [1.29, 1.82) is 0 Å². The molecule has 0 amide bonds. The molecule has 4 rings (SSSR count). The number of allylic oxidation sites excluding steroid dienone is 2. The number of anilines is 1. The molecule has 8 heteroatoms. The predicted octanol–water partition coefficient (Wildman–Crippen LogP) is 6.28. The average Bonchev–Trinajstić information content (AvgIpc) is 3.20. The third-order valence-corrected chi connectivity index (χ3v) is 6.72. The highest BCUT2D eigenvalue weighted by molar-refractivity contribution is 7.98. The van der Waals surface area contributed by atoms with Crippen LogP contribution >= 0.6 is 23.4 Å². The van der Waals surface area contributed by atoms with Crippen LogP contribution in [0.1, 0.15) is 50.8 Å². The lowest BCUT2D eigenvalue weighted by Crippen LogP contribution is -2.27. The smallest absolute Gasteiger partial charge is 0.227 e. The number of nitrogens with one attached hydrogen (secondary N) is 1. The zero-order valence-electron chi connectivity index (χ0n) is 19.0. The molecule has 1 aliphatic rings. The molecule has 2 heterocycles. The van der Waals surface area contributed by atoms with Gasteiger partial charge in [-0.15, -0.1) is 5.10 Å². The number of carbonyl (C=O) groups is 1. The Bertz CT molecular complexity index is 1190. The summed E-state index contributed by atoms with van der Waals surface area (Å²) in [5, 5.41) is 9.36. The number of Topliss-reactive ketones (excluding diaryl/α,β-unsaturated/α-hetero) is 1. The molecule has 0 saturated carbocycles. The fourth-order valence-corrected chi connectivity index (χ4v) is 4.94. The van der Waals surface area contributed by atoms with Crippen LogP contribution in [-0.4, -0.2) is 27.2 Å². The van der Waals surface area contributed by atoms with Gasteiger partial charge in [-0.25, -0.2) is 4.68 Å². The molecule has 172 valence electrons. The van der Waals surface area contributed by atoms with Crippen LogP contribution in [0.2, 0.25) is 5.02 Å². The summed E-state index contributed by atoms with van der Waals surface area (Å²) in [6.07, 6.45) is 2.07. The highest BCUT2D eigenvalue weighted by Crippen LogP contribution is 2.38. The zero-order chi connectivity index (χ0) is 23.4. The number of aromatic nitrogens is 3. The number of rotatable bonds is 9. The summed E-state index contributed by atoms with van der Waals surface area (Å²) in [4.78, 5) is 17.3. The number of carbonyl (C=O) groups excluding carboxylic acids is 1. The highest BCUT2D eigenvalue weighted by atomic mass is 35.5. The van der Waals surface area contributed by atoms with Crippen LogP contribution in [0.3, 0.4) is 0 Å². The van der Waals surface area contributed by atoms with E-state index in [1.807, 2.05) is 55.5 Å². The summed E-state index contributed by atoms with van der Waals surface area (Å²) >= 11 is 7.81. The quantitative estimate of drug-likeness (QED) is 0.286. The van der Waals surface area contributed by atoms with Crippen molar-refractivity contribution in [3.8, 4) is 5.75 Å². The summed E-state index contributed by atoms with van der Waals surface area (Å²) in [6, 6.07) is 15.3. The molecule has 2 aromatic carbocycles. The van der Waals surface area contributed by atoms with E-state index in [4.69, 9.17) is 21.4 Å². The van der Waals surface area contributed by atoms with Gasteiger partial charge in [-0.3, -0.25) is 4.79 Å². The van der Waals surface area contributed by atoms with Crippen molar-refractivity contribution in [2.45, 2.75) is 50.6 Å². The second kappa shape index (κ2) is 10.4. The van der Waals surface area contributed by atoms with Gasteiger partial charge in [0.15, 0.2) is 5.78 Å². The first-order valence-electron chi connectivity index (χ1n) is 11.0. The van der Waals surface area contributed by atoms with Crippen molar-refractivity contribution in [3.05, 3.63) is 76.0 Å². The summed E-state index contributed by atoms with van der Waals surface area (Å²) < 4.78 is 7.71. The van der Waals surface area contributed by atoms with Gasteiger partial charge in [0.25, 0.3) is 0 Å². The van der Waals surface area contributed by atoms with Gasteiger partial charge >= 0.3 is 0 Å². The number of ether oxygens (including phenoxy) is 1. The van der Waals surface area contributed by atoms with Crippen molar-refractivity contribution in [2.75, 3.05) is 11.9 Å². The van der Waals surface area contributed by atoms with Gasteiger partial charge in [0, 0.05) is 22.0 Å².